The fraction of sp³-hybridized carbons (Fsp3) is 0.417. The molecule has 3 heterocycles. The summed E-state index contributed by atoms with van der Waals surface area (Å²) in [5.74, 6) is 0.0526. The van der Waals surface area contributed by atoms with Crippen LogP contribution in [0.2, 0.25) is 18.6 Å². The molecule has 0 saturated carbocycles. The number of amides is 3. The van der Waals surface area contributed by atoms with Crippen LogP contribution in [0.3, 0.4) is 0 Å². The lowest BCUT2D eigenvalue weighted by atomic mass is 9.82. The lowest BCUT2D eigenvalue weighted by Gasteiger charge is -2.37. The maximum atomic E-state index is 14.2. The molecule has 248 valence electrons. The smallest absolute Gasteiger partial charge is 0.261 e. The number of nitrogens with zero attached hydrogens (tertiary/aromatic N) is 2. The number of anilines is 2. The van der Waals surface area contributed by atoms with Gasteiger partial charge in [0.15, 0.2) is 5.60 Å². The SMILES string of the molecule is COc1ccc([Si](C)(C)[C@@H]2[C@@H](CC(=O)N(CCO)Cc3ccccc3)O[C@]3(C(=O)Nc4ccc(N5CCNCC5=O)cc43)[C@H]2C)cc1. The minimum atomic E-state index is -2.46. The average Bonchev–Trinajstić information content (AvgIpc) is 3.53. The summed E-state index contributed by atoms with van der Waals surface area (Å²) >= 11 is 0. The van der Waals surface area contributed by atoms with E-state index in [2.05, 4.69) is 42.8 Å². The van der Waals surface area contributed by atoms with Crippen LogP contribution in [0.4, 0.5) is 11.4 Å². The first kappa shape index (κ1) is 32.9. The van der Waals surface area contributed by atoms with Crippen molar-refractivity contribution in [3.8, 4) is 5.75 Å². The molecule has 11 heteroatoms. The first-order valence-electron chi connectivity index (χ1n) is 16.3. The molecule has 6 rings (SSSR count). The van der Waals surface area contributed by atoms with Gasteiger partial charge in [0.1, 0.15) is 5.75 Å². The maximum absolute atomic E-state index is 14.2. The van der Waals surface area contributed by atoms with E-state index in [1.165, 1.54) is 5.19 Å². The third-order valence-corrected chi connectivity index (χ3v) is 14.6. The van der Waals surface area contributed by atoms with Crippen LogP contribution < -0.4 is 25.5 Å². The number of ether oxygens (including phenoxy) is 2. The molecule has 10 nitrogen and oxygen atoms in total. The van der Waals surface area contributed by atoms with Crippen molar-refractivity contribution in [2.75, 3.05) is 50.1 Å². The van der Waals surface area contributed by atoms with Gasteiger partial charge >= 0.3 is 0 Å². The molecule has 2 saturated heterocycles. The molecule has 0 aromatic heterocycles. The zero-order chi connectivity index (χ0) is 33.3. The Morgan fingerprint density at radius 1 is 1.11 bits per heavy atom. The first-order chi connectivity index (χ1) is 22.6. The van der Waals surface area contributed by atoms with E-state index in [1.807, 2.05) is 60.7 Å². The largest absolute Gasteiger partial charge is 0.497 e. The Labute approximate surface area is 277 Å². The monoisotopic (exact) mass is 656 g/mol. The molecule has 3 aliphatic heterocycles. The predicted molar refractivity (Wildman–Crippen MR) is 183 cm³/mol. The Balaban J connectivity index is 1.40. The van der Waals surface area contributed by atoms with Gasteiger partial charge in [-0.3, -0.25) is 14.4 Å². The standard InChI is InChI=1S/C36H44N4O6Si/c1-24-34(47(3,4)28-13-11-27(45-2)12-14-28)31(21-32(42)39(18-19-41)23-25-8-6-5-7-9-25)46-36(24)29-20-26(10-15-30(29)38-35(36)44)40-17-16-37-22-33(40)43/h5-15,20,24,31,34,37,41H,16-19,21-23H2,1-4H3,(H,38,44)/t24-,31+,34-,36+/m0/s1. The fourth-order valence-corrected chi connectivity index (χ4v) is 11.9. The second kappa shape index (κ2) is 13.2. The third-order valence-electron chi connectivity index (χ3n) is 10.3. The van der Waals surface area contributed by atoms with Gasteiger partial charge in [-0.05, 0) is 41.4 Å². The summed E-state index contributed by atoms with van der Waals surface area (Å²) in [6, 6.07) is 23.4. The van der Waals surface area contributed by atoms with E-state index in [0.29, 0.717) is 30.9 Å². The van der Waals surface area contributed by atoms with E-state index in [4.69, 9.17) is 9.47 Å². The number of fused-ring (bicyclic) bond motifs is 2. The van der Waals surface area contributed by atoms with Crippen molar-refractivity contribution in [3.63, 3.8) is 0 Å². The van der Waals surface area contributed by atoms with Crippen molar-refractivity contribution in [3.05, 3.63) is 83.9 Å². The molecule has 3 amide bonds. The molecule has 4 atom stereocenters. The lowest BCUT2D eigenvalue weighted by molar-refractivity contribution is -0.148. The average molecular weight is 657 g/mol. The number of aliphatic hydroxyl groups excluding tert-OH is 1. The minimum absolute atomic E-state index is 0.0280. The summed E-state index contributed by atoms with van der Waals surface area (Å²) in [6.07, 6.45) is -0.506. The Hall–Kier alpha value is -4.03. The normalized spacial score (nSPS) is 23.9. The Bertz CT molecular complexity index is 1630. The highest BCUT2D eigenvalue weighted by atomic mass is 28.3. The number of aliphatic hydroxyl groups is 1. The van der Waals surface area contributed by atoms with Crippen molar-refractivity contribution in [2.24, 2.45) is 5.92 Å². The quantitative estimate of drug-likeness (QED) is 0.287. The Morgan fingerprint density at radius 2 is 1.85 bits per heavy atom. The van der Waals surface area contributed by atoms with Crippen LogP contribution >= 0.6 is 0 Å². The molecular weight excluding hydrogens is 613 g/mol. The highest BCUT2D eigenvalue weighted by Crippen LogP contribution is 2.59. The minimum Gasteiger partial charge on any atom is -0.497 e. The number of hydrogen-bond donors (Lipinski definition) is 3. The third kappa shape index (κ3) is 5.97. The molecule has 47 heavy (non-hydrogen) atoms. The van der Waals surface area contributed by atoms with Gasteiger partial charge < -0.3 is 35.0 Å². The van der Waals surface area contributed by atoms with Crippen LogP contribution in [0.5, 0.6) is 5.75 Å². The molecule has 3 aliphatic rings. The topological polar surface area (TPSA) is 120 Å². The summed E-state index contributed by atoms with van der Waals surface area (Å²) in [7, 11) is -0.816. The fourth-order valence-electron chi connectivity index (χ4n) is 7.89. The molecule has 0 unspecified atom stereocenters. The van der Waals surface area contributed by atoms with Crippen LogP contribution in [0.15, 0.2) is 72.8 Å². The maximum Gasteiger partial charge on any atom is 0.261 e. The van der Waals surface area contributed by atoms with Crippen molar-refractivity contribution in [1.82, 2.24) is 10.2 Å². The number of rotatable bonds is 10. The Morgan fingerprint density at radius 3 is 2.53 bits per heavy atom. The summed E-state index contributed by atoms with van der Waals surface area (Å²) < 4.78 is 12.5. The number of benzene rings is 3. The highest BCUT2D eigenvalue weighted by Gasteiger charge is 2.65. The number of hydrogen-bond acceptors (Lipinski definition) is 7. The highest BCUT2D eigenvalue weighted by molar-refractivity contribution is 6.91. The van der Waals surface area contributed by atoms with Gasteiger partial charge in [-0.25, -0.2) is 0 Å². The van der Waals surface area contributed by atoms with Crippen molar-refractivity contribution >= 4 is 42.4 Å². The second-order valence-corrected chi connectivity index (χ2v) is 18.0. The van der Waals surface area contributed by atoms with E-state index >= 15 is 0 Å². The molecule has 0 bridgehead atoms. The summed E-state index contributed by atoms with van der Waals surface area (Å²) in [4.78, 5) is 44.5. The van der Waals surface area contributed by atoms with E-state index in [1.54, 1.807) is 16.9 Å². The van der Waals surface area contributed by atoms with Crippen molar-refractivity contribution < 1.29 is 29.0 Å². The van der Waals surface area contributed by atoms with Crippen molar-refractivity contribution in [1.29, 1.82) is 0 Å². The summed E-state index contributed by atoms with van der Waals surface area (Å²) in [5.41, 5.74) is 1.59. The van der Waals surface area contributed by atoms with Gasteiger partial charge in [0.25, 0.3) is 5.91 Å². The molecule has 2 fully saturated rings. The molecule has 3 N–H and O–H groups in total. The molecule has 0 aliphatic carbocycles. The molecule has 3 aromatic rings. The number of piperazine rings is 1. The van der Waals surface area contributed by atoms with E-state index in [9.17, 15) is 19.5 Å². The summed E-state index contributed by atoms with van der Waals surface area (Å²) in [5, 5.41) is 17.2. The van der Waals surface area contributed by atoms with Crippen LogP contribution in [-0.2, 0) is 31.3 Å². The van der Waals surface area contributed by atoms with Gasteiger partial charge in [-0.2, -0.15) is 0 Å². The van der Waals surface area contributed by atoms with Crippen LogP contribution in [0, 0.1) is 5.92 Å². The molecule has 3 aromatic carbocycles. The second-order valence-electron chi connectivity index (χ2n) is 13.3. The van der Waals surface area contributed by atoms with E-state index < -0.39 is 19.8 Å². The zero-order valence-corrected chi connectivity index (χ0v) is 28.5. The van der Waals surface area contributed by atoms with Gasteiger partial charge in [-0.1, -0.05) is 67.7 Å². The van der Waals surface area contributed by atoms with Crippen LogP contribution in [0.1, 0.15) is 24.5 Å². The lowest BCUT2D eigenvalue weighted by Crippen LogP contribution is -2.52. The van der Waals surface area contributed by atoms with Gasteiger partial charge in [0.05, 0.1) is 40.9 Å². The molecular formula is C36H44N4O6Si. The van der Waals surface area contributed by atoms with Crippen molar-refractivity contribution in [2.45, 2.75) is 50.2 Å². The Kier molecular flexibility index (Phi) is 9.26. The number of nitrogens with one attached hydrogen (secondary N) is 2. The van der Waals surface area contributed by atoms with Crippen LogP contribution in [0.25, 0.3) is 0 Å². The first-order valence-corrected chi connectivity index (χ1v) is 19.4. The predicted octanol–water partition coefficient (Wildman–Crippen LogP) is 3.21. The summed E-state index contributed by atoms with van der Waals surface area (Å²) in [6.45, 7) is 8.47. The van der Waals surface area contributed by atoms with Gasteiger partial charge in [0, 0.05) is 49.0 Å². The zero-order valence-electron chi connectivity index (χ0n) is 27.5. The molecule has 0 radical (unpaired) electrons. The number of carbonyl (C=O) groups is 3. The van der Waals surface area contributed by atoms with Gasteiger partial charge in [0.2, 0.25) is 11.8 Å². The number of methoxy groups -OCH3 is 1. The van der Waals surface area contributed by atoms with Crippen LogP contribution in [-0.4, -0.2) is 81.8 Å². The molecule has 1 spiro atoms. The van der Waals surface area contributed by atoms with E-state index in [0.717, 1.165) is 17.0 Å². The van der Waals surface area contributed by atoms with Gasteiger partial charge in [-0.15, -0.1) is 0 Å². The van der Waals surface area contributed by atoms with E-state index in [-0.39, 0.29) is 55.3 Å². The number of carbonyl (C=O) groups excluding carboxylic acids is 3.